The first-order valence-corrected chi connectivity index (χ1v) is 7.65. The van der Waals surface area contributed by atoms with Crippen LogP contribution in [0.2, 0.25) is 0 Å². The van der Waals surface area contributed by atoms with Gasteiger partial charge in [0.05, 0.1) is 11.8 Å². The van der Waals surface area contributed by atoms with Crippen molar-refractivity contribution in [2.75, 3.05) is 6.54 Å². The van der Waals surface area contributed by atoms with Crippen LogP contribution in [0, 0.1) is 19.7 Å². The van der Waals surface area contributed by atoms with E-state index in [4.69, 9.17) is 0 Å². The van der Waals surface area contributed by atoms with E-state index in [0.29, 0.717) is 5.56 Å². The van der Waals surface area contributed by atoms with Crippen molar-refractivity contribution >= 4 is 0 Å². The first-order valence-electron chi connectivity index (χ1n) is 7.65. The molecule has 1 heterocycles. The standard InChI is InChI=1S/C17H24FN3O/c1-5-21-13(4)17(12(3)20-21)11(2)19-10-16(22)14-8-6-7-9-15(14)18/h6-9,11,16,19,22H,5,10H2,1-4H3. The molecule has 22 heavy (non-hydrogen) atoms. The number of nitrogens with zero attached hydrogens (tertiary/aromatic N) is 2. The summed E-state index contributed by atoms with van der Waals surface area (Å²) in [4.78, 5) is 0. The van der Waals surface area contributed by atoms with Crippen LogP contribution in [-0.4, -0.2) is 21.4 Å². The Morgan fingerprint density at radius 3 is 2.59 bits per heavy atom. The van der Waals surface area contributed by atoms with E-state index in [2.05, 4.69) is 17.3 Å². The van der Waals surface area contributed by atoms with Gasteiger partial charge in [0.2, 0.25) is 0 Å². The lowest BCUT2D eigenvalue weighted by Crippen LogP contribution is -2.26. The Morgan fingerprint density at radius 1 is 1.32 bits per heavy atom. The molecular formula is C17H24FN3O. The van der Waals surface area contributed by atoms with Gasteiger partial charge in [0, 0.05) is 36.0 Å². The van der Waals surface area contributed by atoms with E-state index in [9.17, 15) is 9.50 Å². The molecule has 0 spiro atoms. The molecule has 2 N–H and O–H groups in total. The highest BCUT2D eigenvalue weighted by molar-refractivity contribution is 5.28. The maximum atomic E-state index is 13.7. The number of hydrogen-bond acceptors (Lipinski definition) is 3. The number of aryl methyl sites for hydroxylation is 2. The first-order chi connectivity index (χ1) is 10.5. The van der Waals surface area contributed by atoms with E-state index >= 15 is 0 Å². The highest BCUT2D eigenvalue weighted by Crippen LogP contribution is 2.22. The summed E-state index contributed by atoms with van der Waals surface area (Å²) in [6.45, 7) is 9.24. The Morgan fingerprint density at radius 2 is 2.00 bits per heavy atom. The Labute approximate surface area is 131 Å². The van der Waals surface area contributed by atoms with Gasteiger partial charge in [-0.3, -0.25) is 4.68 Å². The van der Waals surface area contributed by atoms with Gasteiger partial charge >= 0.3 is 0 Å². The zero-order valence-electron chi connectivity index (χ0n) is 13.6. The smallest absolute Gasteiger partial charge is 0.129 e. The van der Waals surface area contributed by atoms with Crippen LogP contribution in [0.25, 0.3) is 0 Å². The first kappa shape index (κ1) is 16.6. The normalized spacial score (nSPS) is 14.1. The van der Waals surface area contributed by atoms with Gasteiger partial charge in [-0.2, -0.15) is 5.10 Å². The molecule has 2 rings (SSSR count). The molecule has 1 aromatic carbocycles. The minimum Gasteiger partial charge on any atom is -0.387 e. The predicted molar refractivity (Wildman–Crippen MR) is 85.2 cm³/mol. The van der Waals surface area contributed by atoms with Crippen molar-refractivity contribution in [2.24, 2.45) is 0 Å². The summed E-state index contributed by atoms with van der Waals surface area (Å²) in [5, 5.41) is 17.9. The number of rotatable bonds is 6. The maximum Gasteiger partial charge on any atom is 0.129 e. The Kier molecular flexibility index (Phi) is 5.32. The van der Waals surface area contributed by atoms with Crippen LogP contribution < -0.4 is 5.32 Å². The zero-order chi connectivity index (χ0) is 16.3. The quantitative estimate of drug-likeness (QED) is 0.862. The van der Waals surface area contributed by atoms with Gasteiger partial charge in [0.15, 0.2) is 0 Å². The van der Waals surface area contributed by atoms with Crippen LogP contribution in [0.3, 0.4) is 0 Å². The van der Waals surface area contributed by atoms with Crippen LogP contribution in [-0.2, 0) is 6.54 Å². The maximum absolute atomic E-state index is 13.7. The second-order valence-corrected chi connectivity index (χ2v) is 5.57. The van der Waals surface area contributed by atoms with Crippen molar-refractivity contribution in [1.29, 1.82) is 0 Å². The largest absolute Gasteiger partial charge is 0.387 e. The fraction of sp³-hybridized carbons (Fsp3) is 0.471. The third kappa shape index (κ3) is 3.36. The molecule has 0 saturated heterocycles. The van der Waals surface area contributed by atoms with Gasteiger partial charge in [0.1, 0.15) is 5.82 Å². The lowest BCUT2D eigenvalue weighted by Gasteiger charge is -2.18. The molecule has 0 aliphatic carbocycles. The van der Waals surface area contributed by atoms with E-state index in [0.717, 1.165) is 23.5 Å². The highest BCUT2D eigenvalue weighted by atomic mass is 19.1. The van der Waals surface area contributed by atoms with Crippen molar-refractivity contribution in [3.8, 4) is 0 Å². The molecule has 0 fully saturated rings. The van der Waals surface area contributed by atoms with Crippen LogP contribution >= 0.6 is 0 Å². The minimum atomic E-state index is -0.870. The number of aliphatic hydroxyl groups excluding tert-OH is 1. The molecule has 2 atom stereocenters. The van der Waals surface area contributed by atoms with Gasteiger partial charge in [-0.15, -0.1) is 0 Å². The van der Waals surface area contributed by atoms with Crippen molar-refractivity contribution < 1.29 is 9.50 Å². The summed E-state index contributed by atoms with van der Waals surface area (Å²) < 4.78 is 15.6. The van der Waals surface area contributed by atoms with E-state index in [1.165, 1.54) is 6.07 Å². The average molecular weight is 305 g/mol. The van der Waals surface area contributed by atoms with Crippen LogP contribution in [0.4, 0.5) is 4.39 Å². The second-order valence-electron chi connectivity index (χ2n) is 5.57. The van der Waals surface area contributed by atoms with E-state index in [-0.39, 0.29) is 18.4 Å². The summed E-state index contributed by atoms with van der Waals surface area (Å²) in [6, 6.07) is 6.36. The summed E-state index contributed by atoms with van der Waals surface area (Å²) in [7, 11) is 0. The molecule has 4 nitrogen and oxygen atoms in total. The average Bonchev–Trinajstić information content (AvgIpc) is 2.79. The summed E-state index contributed by atoms with van der Waals surface area (Å²) >= 11 is 0. The molecule has 0 amide bonds. The Balaban J connectivity index is 2.06. The molecule has 2 unspecified atom stereocenters. The van der Waals surface area contributed by atoms with Gasteiger partial charge in [-0.1, -0.05) is 18.2 Å². The van der Waals surface area contributed by atoms with Gasteiger partial charge in [-0.05, 0) is 33.8 Å². The Bertz CT molecular complexity index is 639. The van der Waals surface area contributed by atoms with Gasteiger partial charge in [-0.25, -0.2) is 4.39 Å². The van der Waals surface area contributed by atoms with Crippen LogP contribution in [0.5, 0.6) is 0 Å². The third-order valence-corrected chi connectivity index (χ3v) is 4.05. The fourth-order valence-corrected chi connectivity index (χ4v) is 2.89. The summed E-state index contributed by atoms with van der Waals surface area (Å²) in [5.41, 5.74) is 3.57. The van der Waals surface area contributed by atoms with E-state index < -0.39 is 6.10 Å². The molecule has 120 valence electrons. The van der Waals surface area contributed by atoms with Gasteiger partial charge in [0.25, 0.3) is 0 Å². The lowest BCUT2D eigenvalue weighted by atomic mass is 10.0. The van der Waals surface area contributed by atoms with E-state index in [1.807, 2.05) is 25.5 Å². The molecule has 2 aromatic rings. The molecule has 0 bridgehead atoms. The lowest BCUT2D eigenvalue weighted by molar-refractivity contribution is 0.166. The predicted octanol–water partition coefficient (Wildman–Crippen LogP) is 3.04. The number of nitrogens with one attached hydrogen (secondary N) is 1. The molecule has 0 saturated carbocycles. The molecule has 1 aromatic heterocycles. The van der Waals surface area contributed by atoms with Gasteiger partial charge < -0.3 is 10.4 Å². The monoisotopic (exact) mass is 305 g/mol. The molecule has 0 radical (unpaired) electrons. The third-order valence-electron chi connectivity index (χ3n) is 4.05. The highest BCUT2D eigenvalue weighted by Gasteiger charge is 2.19. The van der Waals surface area contributed by atoms with Crippen molar-refractivity contribution in [1.82, 2.24) is 15.1 Å². The van der Waals surface area contributed by atoms with Crippen LogP contribution in [0.15, 0.2) is 24.3 Å². The molecule has 0 aliphatic rings. The van der Waals surface area contributed by atoms with Crippen LogP contribution in [0.1, 0.15) is 48.5 Å². The van der Waals surface area contributed by atoms with E-state index in [1.54, 1.807) is 18.2 Å². The van der Waals surface area contributed by atoms with Crippen molar-refractivity contribution in [3.05, 3.63) is 52.6 Å². The topological polar surface area (TPSA) is 50.1 Å². The SMILES string of the molecule is CCn1nc(C)c(C(C)NCC(O)c2ccccc2F)c1C. The summed E-state index contributed by atoms with van der Waals surface area (Å²) in [5.74, 6) is -0.379. The fourth-order valence-electron chi connectivity index (χ4n) is 2.89. The Hall–Kier alpha value is -1.72. The minimum absolute atomic E-state index is 0.0433. The number of benzene rings is 1. The zero-order valence-corrected chi connectivity index (χ0v) is 13.6. The number of hydrogen-bond donors (Lipinski definition) is 2. The van der Waals surface area contributed by atoms with Crippen molar-refractivity contribution in [2.45, 2.75) is 46.4 Å². The number of halogens is 1. The molecular weight excluding hydrogens is 281 g/mol. The van der Waals surface area contributed by atoms with Crippen molar-refractivity contribution in [3.63, 3.8) is 0 Å². The molecule has 5 heteroatoms. The number of aliphatic hydroxyl groups is 1. The summed E-state index contributed by atoms with van der Waals surface area (Å²) in [6.07, 6.45) is -0.870. The second kappa shape index (κ2) is 7.03. The molecule has 0 aliphatic heterocycles. The number of aromatic nitrogens is 2.